The Morgan fingerprint density at radius 2 is 1.71 bits per heavy atom. The summed E-state index contributed by atoms with van der Waals surface area (Å²) in [5.41, 5.74) is 2.86. The maximum atomic E-state index is 15.1. The summed E-state index contributed by atoms with van der Waals surface area (Å²) < 4.78 is 2.59. The number of aryl methyl sites for hydroxylation is 3. The molecule has 1 saturated carbocycles. The van der Waals surface area contributed by atoms with Gasteiger partial charge in [-0.05, 0) is 103 Å². The summed E-state index contributed by atoms with van der Waals surface area (Å²) in [7, 11) is -0.0784. The maximum Gasteiger partial charge on any atom is 0.488 e. The first kappa shape index (κ1) is 35.6. The topological polar surface area (TPSA) is 153 Å². The summed E-state index contributed by atoms with van der Waals surface area (Å²) in [6.45, 7) is 5.59. The third-order valence-corrected chi connectivity index (χ3v) is 14.0. The second kappa shape index (κ2) is 12.5. The van der Waals surface area contributed by atoms with Crippen LogP contribution in [0, 0.1) is 42.9 Å². The van der Waals surface area contributed by atoms with Crippen LogP contribution >= 0.6 is 22.9 Å². The molecule has 2 saturated heterocycles. The molecule has 4 heterocycles. The number of allylic oxidation sites excluding steroid dienone is 2. The minimum Gasteiger partial charge on any atom is -0.508 e. The molecule has 4 amide bonds. The lowest BCUT2D eigenvalue weighted by Crippen LogP contribution is -2.49. The third-order valence-electron chi connectivity index (χ3n) is 12.5. The van der Waals surface area contributed by atoms with E-state index < -0.39 is 59.8 Å². The molecule has 5 aromatic rings. The van der Waals surface area contributed by atoms with Gasteiger partial charge in [0.25, 0.3) is 0 Å². The lowest BCUT2D eigenvalue weighted by atomic mass is 9.51. The number of fused-ring (bicyclic) bond motifs is 5. The quantitative estimate of drug-likeness (QED) is 0.122. The molecule has 14 heteroatoms. The van der Waals surface area contributed by atoms with Crippen LogP contribution in [0.3, 0.4) is 0 Å². The molecular formula is C41H36BClN4O7S. The van der Waals surface area contributed by atoms with E-state index in [-0.39, 0.29) is 35.6 Å². The van der Waals surface area contributed by atoms with E-state index in [0.717, 1.165) is 36.6 Å². The summed E-state index contributed by atoms with van der Waals surface area (Å²) >= 11 is 7.87. The van der Waals surface area contributed by atoms with Crippen molar-refractivity contribution in [2.24, 2.45) is 36.1 Å². The molecule has 11 nitrogen and oxygen atoms in total. The van der Waals surface area contributed by atoms with Crippen LogP contribution in [0.5, 0.6) is 5.75 Å². The number of carbonyl (C=O) groups excluding carboxylic acids is 4. The number of benzene rings is 3. The van der Waals surface area contributed by atoms with E-state index in [0.29, 0.717) is 22.1 Å². The van der Waals surface area contributed by atoms with E-state index in [4.69, 9.17) is 16.7 Å². The number of amides is 4. The van der Waals surface area contributed by atoms with Gasteiger partial charge in [-0.2, -0.15) is 5.10 Å². The number of nitrogens with zero attached hydrogens (tertiary/aromatic N) is 4. The van der Waals surface area contributed by atoms with Crippen LogP contribution in [0.2, 0.25) is 5.02 Å². The van der Waals surface area contributed by atoms with Crippen molar-refractivity contribution in [2.45, 2.75) is 39.5 Å². The fourth-order valence-electron chi connectivity index (χ4n) is 9.77. The van der Waals surface area contributed by atoms with Crippen molar-refractivity contribution in [3.05, 3.63) is 100 Å². The molecule has 0 bridgehead atoms. The predicted octanol–water partition coefficient (Wildman–Crippen LogP) is 5.39. The van der Waals surface area contributed by atoms with E-state index in [1.54, 1.807) is 60.3 Å². The minimum atomic E-state index is -1.79. The van der Waals surface area contributed by atoms with E-state index >= 15 is 4.79 Å². The maximum absolute atomic E-state index is 15.1. The Hall–Kier alpha value is -5.08. The molecule has 2 aromatic heterocycles. The Balaban J connectivity index is 1.14. The first-order valence-corrected chi connectivity index (χ1v) is 19.3. The number of hydrogen-bond donors (Lipinski definition) is 3. The van der Waals surface area contributed by atoms with Crippen LogP contribution in [0.1, 0.15) is 42.4 Å². The Kier molecular flexibility index (Phi) is 8.08. The summed E-state index contributed by atoms with van der Waals surface area (Å²) in [4.78, 5) is 61.7. The van der Waals surface area contributed by atoms with Gasteiger partial charge in [0.2, 0.25) is 23.6 Å². The van der Waals surface area contributed by atoms with Gasteiger partial charge in [0.05, 0.1) is 33.7 Å². The molecule has 6 unspecified atom stereocenters. The first-order chi connectivity index (χ1) is 26.2. The van der Waals surface area contributed by atoms with E-state index in [2.05, 4.69) is 0 Å². The fraction of sp³-hybridized carbons (Fsp3) is 0.293. The molecule has 3 aromatic carbocycles. The molecule has 4 aliphatic rings. The fourth-order valence-corrected chi connectivity index (χ4v) is 11.1. The van der Waals surface area contributed by atoms with Gasteiger partial charge in [0.1, 0.15) is 17.3 Å². The third kappa shape index (κ3) is 5.06. The van der Waals surface area contributed by atoms with E-state index in [1.807, 2.05) is 44.2 Å². The average molecular weight is 775 g/mol. The van der Waals surface area contributed by atoms with Gasteiger partial charge < -0.3 is 15.2 Å². The zero-order chi connectivity index (χ0) is 38.8. The monoisotopic (exact) mass is 774 g/mol. The van der Waals surface area contributed by atoms with Gasteiger partial charge in [0.15, 0.2) is 0 Å². The van der Waals surface area contributed by atoms with Crippen molar-refractivity contribution in [1.82, 2.24) is 9.78 Å². The van der Waals surface area contributed by atoms with E-state index in [9.17, 15) is 29.5 Å². The molecule has 9 rings (SSSR count). The smallest absolute Gasteiger partial charge is 0.488 e. The molecule has 6 atom stereocenters. The largest absolute Gasteiger partial charge is 0.508 e. The van der Waals surface area contributed by atoms with Gasteiger partial charge in [0, 0.05) is 28.8 Å². The Labute approximate surface area is 325 Å². The SMILES string of the molecule is Cc1cc(C2C3=CCC4C(=O)N(c5cccc(B(O)O)c5)C(=O)C4C3CC3C(=O)N(c4cc(-c5sc6ccc(Cl)cc6c5C)nn4C)C(=O)C32C)ccc1O. The van der Waals surface area contributed by atoms with Gasteiger partial charge in [-0.1, -0.05) is 47.5 Å². The summed E-state index contributed by atoms with van der Waals surface area (Å²) in [5, 5.41) is 36.6. The summed E-state index contributed by atoms with van der Waals surface area (Å²) in [6.07, 6.45) is 2.40. The number of phenols is 1. The zero-order valence-electron chi connectivity index (χ0n) is 30.4. The number of aromatic hydroxyl groups is 1. The molecule has 0 radical (unpaired) electrons. The van der Waals surface area contributed by atoms with Crippen molar-refractivity contribution in [1.29, 1.82) is 0 Å². The lowest BCUT2D eigenvalue weighted by molar-refractivity contribution is -0.131. The van der Waals surface area contributed by atoms with Crippen LogP contribution < -0.4 is 15.3 Å². The molecule has 2 aliphatic heterocycles. The molecular weight excluding hydrogens is 739 g/mol. The Morgan fingerprint density at radius 3 is 2.45 bits per heavy atom. The lowest BCUT2D eigenvalue weighted by Gasteiger charge is -2.49. The molecule has 55 heavy (non-hydrogen) atoms. The first-order valence-electron chi connectivity index (χ1n) is 18.2. The van der Waals surface area contributed by atoms with Crippen molar-refractivity contribution in [3.8, 4) is 16.3 Å². The van der Waals surface area contributed by atoms with Crippen LogP contribution in [-0.4, -0.2) is 55.7 Å². The van der Waals surface area contributed by atoms with Crippen LogP contribution in [0.4, 0.5) is 11.5 Å². The van der Waals surface area contributed by atoms with Crippen LogP contribution in [-0.2, 0) is 26.2 Å². The number of halogens is 1. The second-order valence-corrected chi connectivity index (χ2v) is 16.9. The molecule has 0 spiro atoms. The zero-order valence-corrected chi connectivity index (χ0v) is 31.9. The molecule has 278 valence electrons. The highest BCUT2D eigenvalue weighted by Gasteiger charge is 2.68. The molecule has 3 fully saturated rings. The van der Waals surface area contributed by atoms with Crippen molar-refractivity contribution < 1.29 is 34.3 Å². The number of rotatable bonds is 5. The summed E-state index contributed by atoms with van der Waals surface area (Å²) in [5.74, 6) is -4.72. The van der Waals surface area contributed by atoms with Crippen LogP contribution in [0.25, 0.3) is 20.7 Å². The standard InChI is InChI=1S/C41H36BClN4O7S/c1-19-14-21(8-12-31(19)48)35-25-10-11-26-34(39(51)46(37(26)49)24-7-5-6-22(15-24)42(53)54)28(25)17-29-38(50)47(40(52)41(29,35)3)33-18-30(44-45(33)4)36-20(2)27-16-23(43)9-13-32(27)55-36/h5-10,12-16,18,26,28-29,34-35,48,53-54H,11,17H2,1-4H3. The average Bonchev–Trinajstić information content (AvgIpc) is 3.83. The normalized spacial score (nSPS) is 26.1. The number of anilines is 2. The number of phenolic OH excluding ortho intramolecular Hbond substituents is 1. The number of aromatic nitrogens is 2. The predicted molar refractivity (Wildman–Crippen MR) is 210 cm³/mol. The minimum absolute atomic E-state index is 0.0922. The van der Waals surface area contributed by atoms with E-state index in [1.165, 1.54) is 17.0 Å². The van der Waals surface area contributed by atoms with Crippen molar-refractivity contribution >= 4 is 80.7 Å². The highest BCUT2D eigenvalue weighted by atomic mass is 35.5. The highest BCUT2D eigenvalue weighted by molar-refractivity contribution is 7.22. The van der Waals surface area contributed by atoms with Gasteiger partial charge in [-0.3, -0.25) is 28.8 Å². The second-order valence-electron chi connectivity index (χ2n) is 15.4. The Bertz CT molecular complexity index is 2560. The number of hydrogen-bond acceptors (Lipinski definition) is 9. The van der Waals surface area contributed by atoms with Crippen LogP contribution in [0.15, 0.2) is 78.4 Å². The van der Waals surface area contributed by atoms with Crippen molar-refractivity contribution in [2.75, 3.05) is 9.80 Å². The number of thiophene rings is 1. The molecule has 2 aliphatic carbocycles. The highest BCUT2D eigenvalue weighted by Crippen LogP contribution is 2.64. The number of imide groups is 2. The summed E-state index contributed by atoms with van der Waals surface area (Å²) in [6, 6.07) is 18.7. The van der Waals surface area contributed by atoms with Gasteiger partial charge in [-0.25, -0.2) is 4.90 Å². The molecule has 3 N–H and O–H groups in total. The van der Waals surface area contributed by atoms with Gasteiger partial charge in [-0.15, -0.1) is 11.3 Å². The van der Waals surface area contributed by atoms with Gasteiger partial charge >= 0.3 is 7.12 Å². The number of carbonyl (C=O) groups is 4. The van der Waals surface area contributed by atoms with Crippen molar-refractivity contribution in [3.63, 3.8) is 0 Å². The Morgan fingerprint density at radius 1 is 0.927 bits per heavy atom.